The molecule has 0 aromatic heterocycles. The maximum absolute atomic E-state index is 12.6. The third-order valence-corrected chi connectivity index (χ3v) is 5.47. The van der Waals surface area contributed by atoms with E-state index in [1.807, 2.05) is 0 Å². The van der Waals surface area contributed by atoms with Crippen molar-refractivity contribution in [3.63, 3.8) is 0 Å². The Kier molecular flexibility index (Phi) is 5.95. The highest BCUT2D eigenvalue weighted by Crippen LogP contribution is 2.27. The van der Waals surface area contributed by atoms with Crippen LogP contribution in [0, 0.1) is 0 Å². The average Bonchev–Trinajstić information content (AvgIpc) is 2.61. The van der Waals surface area contributed by atoms with E-state index in [9.17, 15) is 14.7 Å². The van der Waals surface area contributed by atoms with Gasteiger partial charge in [-0.15, -0.1) is 0 Å². The summed E-state index contributed by atoms with van der Waals surface area (Å²) in [5.74, 6) is -0.195. The molecule has 0 unspecified atom stereocenters. The van der Waals surface area contributed by atoms with E-state index in [0.29, 0.717) is 41.9 Å². The first kappa shape index (κ1) is 19.3. The van der Waals surface area contributed by atoms with Crippen molar-refractivity contribution in [3.8, 4) is 0 Å². The summed E-state index contributed by atoms with van der Waals surface area (Å²) in [6.07, 6.45) is 3.58. The first-order chi connectivity index (χ1) is 12.4. The highest BCUT2D eigenvalue weighted by molar-refractivity contribution is 6.35. The summed E-state index contributed by atoms with van der Waals surface area (Å²) >= 11 is 11.9. The first-order valence-electron chi connectivity index (χ1n) is 8.91. The summed E-state index contributed by atoms with van der Waals surface area (Å²) in [5.41, 5.74) is -0.856. The van der Waals surface area contributed by atoms with Crippen molar-refractivity contribution in [2.75, 3.05) is 31.5 Å². The van der Waals surface area contributed by atoms with E-state index >= 15 is 0 Å². The molecule has 2 aliphatic heterocycles. The zero-order valence-electron chi connectivity index (χ0n) is 14.5. The van der Waals surface area contributed by atoms with Gasteiger partial charge in [0, 0.05) is 54.8 Å². The molecule has 2 aliphatic rings. The number of anilines is 1. The molecule has 26 heavy (non-hydrogen) atoms. The van der Waals surface area contributed by atoms with Crippen LogP contribution in [0.15, 0.2) is 18.2 Å². The van der Waals surface area contributed by atoms with Gasteiger partial charge in [0.1, 0.15) is 5.60 Å². The Hall–Kier alpha value is -1.50. The molecule has 0 spiro atoms. The molecule has 8 heteroatoms. The first-order valence-corrected chi connectivity index (χ1v) is 9.67. The molecular weight excluding hydrogens is 377 g/mol. The smallest absolute Gasteiger partial charge is 0.321 e. The van der Waals surface area contributed by atoms with Crippen LogP contribution in [0.3, 0.4) is 0 Å². The molecule has 0 atom stereocenters. The topological polar surface area (TPSA) is 72.9 Å². The molecule has 3 rings (SSSR count). The molecule has 2 N–H and O–H groups in total. The maximum atomic E-state index is 12.6. The van der Waals surface area contributed by atoms with Gasteiger partial charge in [-0.05, 0) is 37.5 Å². The fourth-order valence-electron chi connectivity index (χ4n) is 3.51. The van der Waals surface area contributed by atoms with E-state index in [1.165, 1.54) is 0 Å². The van der Waals surface area contributed by atoms with Gasteiger partial charge in [0.2, 0.25) is 0 Å². The summed E-state index contributed by atoms with van der Waals surface area (Å²) in [6.45, 7) is 2.05. The molecule has 0 aliphatic carbocycles. The fraction of sp³-hybridized carbons (Fsp3) is 0.556. The summed E-state index contributed by atoms with van der Waals surface area (Å²) in [6, 6.07) is 4.53. The van der Waals surface area contributed by atoms with Gasteiger partial charge in [-0.2, -0.15) is 0 Å². The second-order valence-corrected chi connectivity index (χ2v) is 7.83. The molecule has 6 nitrogen and oxygen atoms in total. The lowest BCUT2D eigenvalue weighted by Crippen LogP contribution is -2.57. The predicted octanol–water partition coefficient (Wildman–Crippen LogP) is 3.36. The fourth-order valence-corrected chi connectivity index (χ4v) is 4.04. The quantitative estimate of drug-likeness (QED) is 0.800. The zero-order chi connectivity index (χ0) is 18.7. The minimum Gasteiger partial charge on any atom is -0.380 e. The number of aliphatic hydroxyl groups is 1. The van der Waals surface area contributed by atoms with Crippen LogP contribution in [0.25, 0.3) is 0 Å². The molecule has 1 aromatic carbocycles. The SMILES string of the molecule is O=C(Nc1cc(Cl)cc(Cl)c1)N1CCC(O)(C(=O)N2CCCCC2)CC1. The summed E-state index contributed by atoms with van der Waals surface area (Å²) in [4.78, 5) is 28.4. The number of carbonyl (C=O) groups is 2. The second kappa shape index (κ2) is 8.03. The van der Waals surface area contributed by atoms with Crippen LogP contribution in [0.1, 0.15) is 32.1 Å². The summed E-state index contributed by atoms with van der Waals surface area (Å²) in [5, 5.41) is 14.4. The monoisotopic (exact) mass is 399 g/mol. The van der Waals surface area contributed by atoms with Crippen LogP contribution in [0.2, 0.25) is 10.0 Å². The third kappa shape index (κ3) is 4.42. The Labute approximate surface area is 163 Å². The van der Waals surface area contributed by atoms with Crippen molar-refractivity contribution in [1.29, 1.82) is 0 Å². The molecule has 1 aromatic rings. The summed E-state index contributed by atoms with van der Waals surface area (Å²) in [7, 11) is 0. The number of urea groups is 1. The van der Waals surface area contributed by atoms with Gasteiger partial charge >= 0.3 is 6.03 Å². The van der Waals surface area contributed by atoms with Crippen LogP contribution in [0.4, 0.5) is 10.5 Å². The number of halogens is 2. The van der Waals surface area contributed by atoms with E-state index in [0.717, 1.165) is 19.3 Å². The highest BCUT2D eigenvalue weighted by Gasteiger charge is 2.42. The van der Waals surface area contributed by atoms with Gasteiger partial charge in [-0.3, -0.25) is 4.79 Å². The minimum atomic E-state index is -1.37. The van der Waals surface area contributed by atoms with E-state index in [4.69, 9.17) is 23.2 Å². The maximum Gasteiger partial charge on any atom is 0.321 e. The van der Waals surface area contributed by atoms with Crippen LogP contribution in [0.5, 0.6) is 0 Å². The van der Waals surface area contributed by atoms with E-state index in [-0.39, 0.29) is 24.8 Å². The largest absolute Gasteiger partial charge is 0.380 e. The summed E-state index contributed by atoms with van der Waals surface area (Å²) < 4.78 is 0. The molecule has 0 radical (unpaired) electrons. The number of nitrogens with one attached hydrogen (secondary N) is 1. The Morgan fingerprint density at radius 1 is 0.923 bits per heavy atom. The Morgan fingerprint density at radius 2 is 1.50 bits per heavy atom. The number of hydrogen-bond acceptors (Lipinski definition) is 3. The van der Waals surface area contributed by atoms with Gasteiger partial charge < -0.3 is 20.2 Å². The lowest BCUT2D eigenvalue weighted by atomic mass is 9.89. The van der Waals surface area contributed by atoms with E-state index in [1.54, 1.807) is 28.0 Å². The van der Waals surface area contributed by atoms with Crippen LogP contribution in [-0.4, -0.2) is 58.6 Å². The third-order valence-electron chi connectivity index (χ3n) is 5.03. The van der Waals surface area contributed by atoms with Gasteiger partial charge in [-0.25, -0.2) is 4.79 Å². The number of rotatable bonds is 2. The normalized spacial score (nSPS) is 20.0. The van der Waals surface area contributed by atoms with Gasteiger partial charge in [-0.1, -0.05) is 23.2 Å². The standard InChI is InChI=1S/C18H23Cl2N3O3/c19-13-10-14(20)12-15(11-13)21-17(25)23-8-4-18(26,5-9-23)16(24)22-6-2-1-3-7-22/h10-12,26H,1-9H2,(H,21,25). The number of benzene rings is 1. The Morgan fingerprint density at radius 3 is 2.08 bits per heavy atom. The molecular formula is C18H23Cl2N3O3. The molecule has 3 amide bonds. The van der Waals surface area contributed by atoms with E-state index in [2.05, 4.69) is 5.32 Å². The Bertz CT molecular complexity index is 664. The molecule has 142 valence electrons. The van der Waals surface area contributed by atoms with Crippen molar-refractivity contribution >= 4 is 40.8 Å². The van der Waals surface area contributed by atoms with Crippen molar-refractivity contribution in [2.24, 2.45) is 0 Å². The molecule has 2 fully saturated rings. The molecule has 2 heterocycles. The zero-order valence-corrected chi connectivity index (χ0v) is 16.0. The molecule has 2 saturated heterocycles. The van der Waals surface area contributed by atoms with Crippen LogP contribution < -0.4 is 5.32 Å². The van der Waals surface area contributed by atoms with E-state index < -0.39 is 5.60 Å². The van der Waals surface area contributed by atoms with Gasteiger partial charge in [0.05, 0.1) is 0 Å². The lowest BCUT2D eigenvalue weighted by molar-refractivity contribution is -0.156. The average molecular weight is 400 g/mol. The van der Waals surface area contributed by atoms with Crippen LogP contribution >= 0.6 is 23.2 Å². The number of piperidine rings is 2. The number of amides is 3. The van der Waals surface area contributed by atoms with Crippen molar-refractivity contribution in [3.05, 3.63) is 28.2 Å². The highest BCUT2D eigenvalue weighted by atomic mass is 35.5. The molecule has 0 saturated carbocycles. The van der Waals surface area contributed by atoms with Gasteiger partial charge in [0.15, 0.2) is 0 Å². The minimum absolute atomic E-state index is 0.195. The van der Waals surface area contributed by atoms with Crippen molar-refractivity contribution < 1.29 is 14.7 Å². The lowest BCUT2D eigenvalue weighted by Gasteiger charge is -2.40. The molecule has 0 bridgehead atoms. The number of likely N-dealkylation sites (tertiary alicyclic amines) is 2. The van der Waals surface area contributed by atoms with Crippen LogP contribution in [-0.2, 0) is 4.79 Å². The number of nitrogens with zero attached hydrogens (tertiary/aromatic N) is 2. The predicted molar refractivity (Wildman–Crippen MR) is 102 cm³/mol. The van der Waals surface area contributed by atoms with Crippen molar-refractivity contribution in [1.82, 2.24) is 9.80 Å². The Balaban J connectivity index is 1.56. The van der Waals surface area contributed by atoms with Crippen molar-refractivity contribution in [2.45, 2.75) is 37.7 Å². The number of carbonyl (C=O) groups excluding carboxylic acids is 2. The second-order valence-electron chi connectivity index (χ2n) is 6.96. The van der Waals surface area contributed by atoms with Gasteiger partial charge in [0.25, 0.3) is 5.91 Å². The number of hydrogen-bond donors (Lipinski definition) is 2.